The lowest BCUT2D eigenvalue weighted by Gasteiger charge is -2.32. The van der Waals surface area contributed by atoms with Gasteiger partial charge >= 0.3 is 0 Å². The van der Waals surface area contributed by atoms with Gasteiger partial charge in [-0.1, -0.05) is 12.1 Å². The first-order valence-corrected chi connectivity index (χ1v) is 8.64. The summed E-state index contributed by atoms with van der Waals surface area (Å²) in [4.78, 5) is 31.1. The molecule has 2 amide bonds. The number of amides is 2. The van der Waals surface area contributed by atoms with Crippen LogP contribution in [0.15, 0.2) is 42.6 Å². The molecule has 1 fully saturated rings. The summed E-state index contributed by atoms with van der Waals surface area (Å²) in [6.07, 6.45) is 2.43. The minimum atomic E-state index is -0.128. The molecule has 1 N–H and O–H groups in total. The van der Waals surface area contributed by atoms with Gasteiger partial charge in [-0.05, 0) is 31.2 Å². The Hall–Kier alpha value is -3.09. The van der Waals surface area contributed by atoms with Crippen LogP contribution >= 0.6 is 0 Å². The van der Waals surface area contributed by atoms with Gasteiger partial charge in [0.2, 0.25) is 6.41 Å². The zero-order chi connectivity index (χ0) is 18.4. The van der Waals surface area contributed by atoms with Crippen LogP contribution in [0.2, 0.25) is 0 Å². The van der Waals surface area contributed by atoms with Crippen molar-refractivity contribution in [1.82, 2.24) is 14.8 Å². The smallest absolute Gasteiger partial charge is 0.272 e. The molecule has 1 aromatic carbocycles. The number of anilines is 2. The number of hydrogen-bond acceptors (Lipinski definition) is 5. The summed E-state index contributed by atoms with van der Waals surface area (Å²) >= 11 is 0. The van der Waals surface area contributed by atoms with E-state index in [1.807, 2.05) is 37.3 Å². The Bertz CT molecular complexity index is 773. The number of para-hydroxylation sites is 2. The van der Waals surface area contributed by atoms with Crippen LogP contribution in [0.3, 0.4) is 0 Å². The fourth-order valence-electron chi connectivity index (χ4n) is 2.82. The molecule has 3 rings (SSSR count). The van der Waals surface area contributed by atoms with Crippen LogP contribution in [-0.4, -0.2) is 59.9 Å². The van der Waals surface area contributed by atoms with Gasteiger partial charge in [-0.15, -0.1) is 0 Å². The summed E-state index contributed by atoms with van der Waals surface area (Å²) in [5.74, 6) is 0.627. The maximum absolute atomic E-state index is 12.7. The molecule has 136 valence electrons. The zero-order valence-corrected chi connectivity index (χ0v) is 14.7. The Morgan fingerprint density at radius 1 is 1.23 bits per heavy atom. The Labute approximate surface area is 152 Å². The third-order valence-corrected chi connectivity index (χ3v) is 4.20. The highest BCUT2D eigenvalue weighted by Gasteiger charge is 2.22. The van der Waals surface area contributed by atoms with Crippen molar-refractivity contribution in [2.45, 2.75) is 6.92 Å². The van der Waals surface area contributed by atoms with Crippen LogP contribution in [0, 0.1) is 0 Å². The molecule has 0 radical (unpaired) electrons. The fraction of sp³-hybridized carbons (Fsp3) is 0.316. The van der Waals surface area contributed by atoms with Gasteiger partial charge in [0.25, 0.3) is 5.91 Å². The van der Waals surface area contributed by atoms with Crippen LogP contribution < -0.4 is 10.1 Å². The lowest BCUT2D eigenvalue weighted by atomic mass is 10.2. The first-order valence-electron chi connectivity index (χ1n) is 8.64. The SMILES string of the molecule is CCOc1ccccc1Nc1ccnc(C(=O)N2CCN(C=O)CC2)c1. The van der Waals surface area contributed by atoms with Crippen molar-refractivity contribution >= 4 is 23.7 Å². The summed E-state index contributed by atoms with van der Waals surface area (Å²) in [6, 6.07) is 11.2. The standard InChI is InChI=1S/C19H22N4O3/c1-2-26-18-6-4-3-5-16(18)21-15-7-8-20-17(13-15)19(25)23-11-9-22(14-24)10-12-23/h3-8,13-14H,2,9-12H2,1H3,(H,20,21). The lowest BCUT2D eigenvalue weighted by Crippen LogP contribution is -2.48. The number of carbonyl (C=O) groups is 2. The zero-order valence-electron chi connectivity index (χ0n) is 14.7. The number of hydrogen-bond donors (Lipinski definition) is 1. The number of benzene rings is 1. The molecule has 2 aromatic rings. The fourth-order valence-corrected chi connectivity index (χ4v) is 2.82. The van der Waals surface area contributed by atoms with Gasteiger partial charge in [-0.2, -0.15) is 0 Å². The average molecular weight is 354 g/mol. The van der Waals surface area contributed by atoms with Gasteiger partial charge in [-0.25, -0.2) is 0 Å². The normalized spacial score (nSPS) is 14.0. The number of carbonyl (C=O) groups excluding carboxylic acids is 2. The topological polar surface area (TPSA) is 74.8 Å². The number of aromatic nitrogens is 1. The minimum absolute atomic E-state index is 0.128. The van der Waals surface area contributed by atoms with Crippen molar-refractivity contribution in [1.29, 1.82) is 0 Å². The molecule has 0 bridgehead atoms. The largest absolute Gasteiger partial charge is 0.492 e. The monoisotopic (exact) mass is 354 g/mol. The summed E-state index contributed by atoms with van der Waals surface area (Å²) in [5.41, 5.74) is 1.98. The van der Waals surface area contributed by atoms with E-state index in [0.29, 0.717) is 38.5 Å². The van der Waals surface area contributed by atoms with E-state index in [1.54, 1.807) is 22.1 Å². The lowest BCUT2D eigenvalue weighted by molar-refractivity contribution is -0.119. The molecule has 0 atom stereocenters. The molecule has 1 saturated heterocycles. The summed E-state index contributed by atoms with van der Waals surface area (Å²) in [6.45, 7) is 4.65. The van der Waals surface area contributed by atoms with Gasteiger partial charge in [0.05, 0.1) is 12.3 Å². The van der Waals surface area contributed by atoms with E-state index in [4.69, 9.17) is 4.74 Å². The van der Waals surface area contributed by atoms with Crippen LogP contribution in [0.25, 0.3) is 0 Å². The molecule has 0 unspecified atom stereocenters. The Kier molecular flexibility index (Phi) is 5.68. The molecule has 0 aliphatic carbocycles. The molecule has 1 aliphatic heterocycles. The highest BCUT2D eigenvalue weighted by atomic mass is 16.5. The van der Waals surface area contributed by atoms with Crippen molar-refractivity contribution in [3.05, 3.63) is 48.3 Å². The van der Waals surface area contributed by atoms with E-state index in [0.717, 1.165) is 23.5 Å². The molecular weight excluding hydrogens is 332 g/mol. The second kappa shape index (κ2) is 8.33. The first-order chi connectivity index (χ1) is 12.7. The number of rotatable bonds is 6. The summed E-state index contributed by atoms with van der Waals surface area (Å²) in [7, 11) is 0. The first kappa shape index (κ1) is 17.7. The Morgan fingerprint density at radius 3 is 2.73 bits per heavy atom. The van der Waals surface area contributed by atoms with Gasteiger partial charge in [0.1, 0.15) is 11.4 Å². The van der Waals surface area contributed by atoms with E-state index < -0.39 is 0 Å². The van der Waals surface area contributed by atoms with Crippen molar-refractivity contribution in [3.8, 4) is 5.75 Å². The Balaban J connectivity index is 1.72. The van der Waals surface area contributed by atoms with Crippen molar-refractivity contribution in [2.24, 2.45) is 0 Å². The Morgan fingerprint density at radius 2 is 2.00 bits per heavy atom. The third kappa shape index (κ3) is 4.11. The number of nitrogens with one attached hydrogen (secondary N) is 1. The number of nitrogens with zero attached hydrogens (tertiary/aromatic N) is 3. The maximum Gasteiger partial charge on any atom is 0.272 e. The van der Waals surface area contributed by atoms with E-state index >= 15 is 0 Å². The van der Waals surface area contributed by atoms with E-state index in [-0.39, 0.29) is 5.91 Å². The molecule has 0 spiro atoms. The molecule has 1 aliphatic rings. The third-order valence-electron chi connectivity index (χ3n) is 4.20. The molecule has 7 heteroatoms. The molecule has 26 heavy (non-hydrogen) atoms. The van der Waals surface area contributed by atoms with Gasteiger partial charge in [0.15, 0.2) is 0 Å². The quantitative estimate of drug-likeness (QED) is 0.805. The van der Waals surface area contributed by atoms with Crippen molar-refractivity contribution in [2.75, 3.05) is 38.1 Å². The second-order valence-electron chi connectivity index (χ2n) is 5.92. The van der Waals surface area contributed by atoms with E-state index in [2.05, 4.69) is 10.3 Å². The van der Waals surface area contributed by atoms with Crippen LogP contribution in [0.5, 0.6) is 5.75 Å². The average Bonchev–Trinajstić information content (AvgIpc) is 2.69. The molecule has 1 aromatic heterocycles. The maximum atomic E-state index is 12.7. The van der Waals surface area contributed by atoms with Gasteiger partial charge < -0.3 is 19.9 Å². The van der Waals surface area contributed by atoms with E-state index in [1.165, 1.54) is 0 Å². The highest BCUT2D eigenvalue weighted by molar-refractivity contribution is 5.93. The molecule has 2 heterocycles. The van der Waals surface area contributed by atoms with Crippen LogP contribution in [0.4, 0.5) is 11.4 Å². The van der Waals surface area contributed by atoms with Gasteiger partial charge in [-0.3, -0.25) is 14.6 Å². The number of ether oxygens (including phenoxy) is 1. The predicted molar refractivity (Wildman–Crippen MR) is 98.7 cm³/mol. The van der Waals surface area contributed by atoms with Crippen molar-refractivity contribution < 1.29 is 14.3 Å². The molecule has 0 saturated carbocycles. The predicted octanol–water partition coefficient (Wildman–Crippen LogP) is 2.14. The second-order valence-corrected chi connectivity index (χ2v) is 5.92. The van der Waals surface area contributed by atoms with Crippen molar-refractivity contribution in [3.63, 3.8) is 0 Å². The van der Waals surface area contributed by atoms with Crippen LogP contribution in [0.1, 0.15) is 17.4 Å². The molecular formula is C19H22N4O3. The van der Waals surface area contributed by atoms with E-state index in [9.17, 15) is 9.59 Å². The molecule has 7 nitrogen and oxygen atoms in total. The summed E-state index contributed by atoms with van der Waals surface area (Å²) < 4.78 is 5.62. The summed E-state index contributed by atoms with van der Waals surface area (Å²) in [5, 5.41) is 3.28. The minimum Gasteiger partial charge on any atom is -0.492 e. The van der Waals surface area contributed by atoms with Crippen LogP contribution in [-0.2, 0) is 4.79 Å². The van der Waals surface area contributed by atoms with Gasteiger partial charge in [0, 0.05) is 38.1 Å². The number of pyridine rings is 1. The highest BCUT2D eigenvalue weighted by Crippen LogP contribution is 2.27. The number of piperazine rings is 1.